The van der Waals surface area contributed by atoms with Crippen molar-refractivity contribution in [3.05, 3.63) is 101 Å². The Labute approximate surface area is 190 Å². The van der Waals surface area contributed by atoms with E-state index in [9.17, 15) is 4.79 Å². The lowest BCUT2D eigenvalue weighted by atomic mass is 10.1. The van der Waals surface area contributed by atoms with Crippen LogP contribution in [0.2, 0.25) is 0 Å². The quantitative estimate of drug-likeness (QED) is 0.423. The molecule has 0 atom stereocenters. The summed E-state index contributed by atoms with van der Waals surface area (Å²) in [4.78, 5) is 24.0. The third-order valence-corrected chi connectivity index (χ3v) is 6.11. The molecular formula is C26H22N6O. The summed E-state index contributed by atoms with van der Waals surface area (Å²) >= 11 is 0. The first-order valence-electron chi connectivity index (χ1n) is 10.9. The van der Waals surface area contributed by atoms with Gasteiger partial charge in [-0.3, -0.25) is 9.78 Å². The van der Waals surface area contributed by atoms with Crippen molar-refractivity contribution < 1.29 is 4.79 Å². The van der Waals surface area contributed by atoms with Crippen molar-refractivity contribution in [3.8, 4) is 11.5 Å². The number of hydrogen-bond acceptors (Lipinski definition) is 4. The maximum absolute atomic E-state index is 13.3. The van der Waals surface area contributed by atoms with Crippen LogP contribution in [0, 0.1) is 13.8 Å². The summed E-state index contributed by atoms with van der Waals surface area (Å²) in [5.74, 6) is 0.824. The zero-order valence-corrected chi connectivity index (χ0v) is 18.4. The molecule has 0 radical (unpaired) electrons. The molecule has 0 fully saturated rings. The van der Waals surface area contributed by atoms with E-state index in [1.165, 1.54) is 5.56 Å². The Kier molecular flexibility index (Phi) is 4.36. The summed E-state index contributed by atoms with van der Waals surface area (Å²) in [6.07, 6.45) is 5.58. The summed E-state index contributed by atoms with van der Waals surface area (Å²) in [7, 11) is 0. The van der Waals surface area contributed by atoms with Gasteiger partial charge in [-0.1, -0.05) is 29.8 Å². The molecule has 0 bridgehead atoms. The van der Waals surface area contributed by atoms with E-state index < -0.39 is 0 Å². The molecule has 1 amide bonds. The van der Waals surface area contributed by atoms with Crippen molar-refractivity contribution in [2.75, 3.05) is 0 Å². The molecule has 0 aliphatic carbocycles. The van der Waals surface area contributed by atoms with Crippen molar-refractivity contribution in [3.63, 3.8) is 0 Å². The van der Waals surface area contributed by atoms with Crippen LogP contribution < -0.4 is 0 Å². The Bertz CT molecular complexity index is 1520. The second-order valence-electron chi connectivity index (χ2n) is 8.45. The summed E-state index contributed by atoms with van der Waals surface area (Å²) < 4.78 is 4.06. The normalized spacial score (nSPS) is 13.0. The summed E-state index contributed by atoms with van der Waals surface area (Å²) in [5.41, 5.74) is 7.21. The summed E-state index contributed by atoms with van der Waals surface area (Å²) in [6, 6.07) is 17.9. The number of hydrogen-bond donors (Lipinski definition) is 0. The SMILES string of the molecule is Cc1ccc(-n2nc3c(c2-n2cccc2)CN(C(=O)c2cnc4ccccc4n2)C3)c(C)c1. The summed E-state index contributed by atoms with van der Waals surface area (Å²) in [5, 5.41) is 4.95. The van der Waals surface area contributed by atoms with Crippen LogP contribution >= 0.6 is 0 Å². The number of fused-ring (bicyclic) bond motifs is 2. The standard InChI is InChI=1S/C26H22N6O/c1-17-9-10-24(18(2)13-17)32-25(30-11-5-6-12-30)19-15-31(16-23(19)29-32)26(33)22-14-27-20-7-3-4-8-21(20)28-22/h3-14H,15-16H2,1-2H3. The number of aromatic nitrogens is 5. The minimum absolute atomic E-state index is 0.136. The van der Waals surface area contributed by atoms with E-state index in [0.29, 0.717) is 24.3 Å². The largest absolute Gasteiger partial charge is 0.327 e. The molecule has 7 nitrogen and oxygen atoms in total. The smallest absolute Gasteiger partial charge is 0.274 e. The number of aryl methyl sites for hydroxylation is 2. The molecule has 0 unspecified atom stereocenters. The molecule has 3 aromatic heterocycles. The van der Waals surface area contributed by atoms with Gasteiger partial charge in [-0.2, -0.15) is 5.10 Å². The van der Waals surface area contributed by atoms with Crippen molar-refractivity contribution >= 4 is 16.9 Å². The number of nitrogens with zero attached hydrogens (tertiary/aromatic N) is 6. The van der Waals surface area contributed by atoms with Crippen molar-refractivity contribution in [2.45, 2.75) is 26.9 Å². The second kappa shape index (κ2) is 7.41. The van der Waals surface area contributed by atoms with Gasteiger partial charge in [0.1, 0.15) is 11.5 Å². The first kappa shape index (κ1) is 19.4. The third-order valence-electron chi connectivity index (χ3n) is 6.11. The fraction of sp³-hybridized carbons (Fsp3) is 0.154. The van der Waals surface area contributed by atoms with E-state index in [1.807, 2.05) is 53.5 Å². The predicted octanol–water partition coefficient (Wildman–Crippen LogP) is 4.38. The van der Waals surface area contributed by atoms with Crippen LogP contribution in [0.3, 0.4) is 0 Å². The van der Waals surface area contributed by atoms with Gasteiger partial charge < -0.3 is 9.47 Å². The van der Waals surface area contributed by atoms with Crippen LogP contribution in [0.15, 0.2) is 73.2 Å². The van der Waals surface area contributed by atoms with E-state index >= 15 is 0 Å². The molecule has 0 N–H and O–H groups in total. The number of carbonyl (C=O) groups is 1. The maximum Gasteiger partial charge on any atom is 0.274 e. The lowest BCUT2D eigenvalue weighted by Gasteiger charge is -2.18. The molecule has 33 heavy (non-hydrogen) atoms. The zero-order valence-electron chi connectivity index (χ0n) is 18.4. The molecular weight excluding hydrogens is 412 g/mol. The van der Waals surface area contributed by atoms with E-state index in [-0.39, 0.29) is 5.91 Å². The minimum Gasteiger partial charge on any atom is -0.327 e. The second-order valence-corrected chi connectivity index (χ2v) is 8.45. The highest BCUT2D eigenvalue weighted by Crippen LogP contribution is 2.32. The molecule has 0 spiro atoms. The van der Waals surface area contributed by atoms with Crippen LogP contribution in [0.4, 0.5) is 0 Å². The molecule has 4 heterocycles. The minimum atomic E-state index is -0.136. The maximum atomic E-state index is 13.3. The highest BCUT2D eigenvalue weighted by molar-refractivity contribution is 5.94. The molecule has 7 heteroatoms. The molecule has 1 aliphatic rings. The Hall–Kier alpha value is -4.26. The van der Waals surface area contributed by atoms with Gasteiger partial charge in [-0.15, -0.1) is 0 Å². The summed E-state index contributed by atoms with van der Waals surface area (Å²) in [6.45, 7) is 5.10. The van der Waals surface area contributed by atoms with Crippen LogP contribution in [0.25, 0.3) is 22.5 Å². The van der Waals surface area contributed by atoms with Gasteiger partial charge in [-0.25, -0.2) is 9.67 Å². The Morgan fingerprint density at radius 3 is 2.52 bits per heavy atom. The van der Waals surface area contributed by atoms with Crippen LogP contribution in [-0.4, -0.2) is 35.1 Å². The van der Waals surface area contributed by atoms with Crippen LogP contribution in [-0.2, 0) is 13.1 Å². The lowest BCUT2D eigenvalue weighted by Crippen LogP contribution is -2.27. The number of rotatable bonds is 3. The molecule has 2 aromatic carbocycles. The Morgan fingerprint density at radius 2 is 1.73 bits per heavy atom. The molecule has 0 saturated heterocycles. The molecule has 162 valence electrons. The Balaban J connectivity index is 1.39. The van der Waals surface area contributed by atoms with Gasteiger partial charge in [0.15, 0.2) is 0 Å². The highest BCUT2D eigenvalue weighted by Gasteiger charge is 2.32. The highest BCUT2D eigenvalue weighted by atomic mass is 16.2. The van der Waals surface area contributed by atoms with E-state index in [2.05, 4.69) is 46.6 Å². The monoisotopic (exact) mass is 434 g/mol. The number of carbonyl (C=O) groups excluding carboxylic acids is 1. The van der Waals surface area contributed by atoms with E-state index in [0.717, 1.165) is 33.8 Å². The van der Waals surface area contributed by atoms with Gasteiger partial charge in [0, 0.05) is 18.0 Å². The molecule has 6 rings (SSSR count). The molecule has 5 aromatic rings. The van der Waals surface area contributed by atoms with Crippen molar-refractivity contribution in [1.29, 1.82) is 0 Å². The van der Waals surface area contributed by atoms with Gasteiger partial charge in [0.05, 0.1) is 41.7 Å². The van der Waals surface area contributed by atoms with Gasteiger partial charge in [0.2, 0.25) is 0 Å². The first-order chi connectivity index (χ1) is 16.1. The fourth-order valence-electron chi connectivity index (χ4n) is 4.52. The number of amides is 1. The van der Waals surface area contributed by atoms with E-state index in [4.69, 9.17) is 5.10 Å². The van der Waals surface area contributed by atoms with Gasteiger partial charge >= 0.3 is 0 Å². The average Bonchev–Trinajstić information content (AvgIpc) is 3.54. The molecule has 1 aliphatic heterocycles. The predicted molar refractivity (Wildman–Crippen MR) is 125 cm³/mol. The van der Waals surface area contributed by atoms with Crippen LogP contribution in [0.1, 0.15) is 32.9 Å². The number of benzene rings is 2. The van der Waals surface area contributed by atoms with Crippen LogP contribution in [0.5, 0.6) is 0 Å². The Morgan fingerprint density at radius 1 is 0.939 bits per heavy atom. The van der Waals surface area contributed by atoms with Gasteiger partial charge in [0.25, 0.3) is 5.91 Å². The zero-order chi connectivity index (χ0) is 22.5. The van der Waals surface area contributed by atoms with Gasteiger partial charge in [-0.05, 0) is 49.7 Å². The van der Waals surface area contributed by atoms with Crippen molar-refractivity contribution in [1.82, 2.24) is 29.2 Å². The fourth-order valence-corrected chi connectivity index (χ4v) is 4.52. The van der Waals surface area contributed by atoms with E-state index in [1.54, 1.807) is 11.1 Å². The number of para-hydroxylation sites is 2. The average molecular weight is 435 g/mol. The van der Waals surface area contributed by atoms with Crippen molar-refractivity contribution in [2.24, 2.45) is 0 Å². The third kappa shape index (κ3) is 3.20. The lowest BCUT2D eigenvalue weighted by molar-refractivity contribution is 0.0743. The first-order valence-corrected chi connectivity index (χ1v) is 10.9. The topological polar surface area (TPSA) is 68.8 Å². The molecule has 0 saturated carbocycles.